The van der Waals surface area contributed by atoms with Gasteiger partial charge in [0.05, 0.1) is 12.2 Å². The van der Waals surface area contributed by atoms with Crippen LogP contribution >= 0.6 is 11.6 Å². The smallest absolute Gasteiger partial charge is 0.223 e. The van der Waals surface area contributed by atoms with Crippen molar-refractivity contribution in [1.29, 1.82) is 0 Å². The van der Waals surface area contributed by atoms with E-state index in [1.807, 2.05) is 18.7 Å². The molecule has 1 N–H and O–H groups in total. The van der Waals surface area contributed by atoms with Gasteiger partial charge in [-0.25, -0.2) is 0 Å². The molecule has 0 saturated carbocycles. The van der Waals surface area contributed by atoms with Gasteiger partial charge in [0, 0.05) is 43.5 Å². The highest BCUT2D eigenvalue weighted by Gasteiger charge is 2.28. The lowest BCUT2D eigenvalue weighted by molar-refractivity contribution is -0.130. The highest BCUT2D eigenvalue weighted by atomic mass is 35.5. The zero-order valence-electron chi connectivity index (χ0n) is 13.9. The monoisotopic (exact) mass is 348 g/mol. The minimum Gasteiger partial charge on any atom is -0.487 e. The average Bonchev–Trinajstić information content (AvgIpc) is 3.15. The quantitative estimate of drug-likeness (QED) is 0.901. The predicted molar refractivity (Wildman–Crippen MR) is 91.2 cm³/mol. The number of amides is 1. The summed E-state index contributed by atoms with van der Waals surface area (Å²) in [5, 5.41) is 7.62. The van der Waals surface area contributed by atoms with Crippen molar-refractivity contribution in [3.63, 3.8) is 0 Å². The number of aryl methyl sites for hydroxylation is 2. The molecule has 0 bridgehead atoms. The van der Waals surface area contributed by atoms with Crippen LogP contribution < -0.4 is 4.74 Å². The maximum Gasteiger partial charge on any atom is 0.223 e. The van der Waals surface area contributed by atoms with Crippen LogP contribution in [0.15, 0.2) is 18.5 Å². The number of H-pyrrole nitrogens is 1. The summed E-state index contributed by atoms with van der Waals surface area (Å²) >= 11 is 6.06. The van der Waals surface area contributed by atoms with Crippen LogP contribution in [0.25, 0.3) is 0 Å². The van der Waals surface area contributed by atoms with Gasteiger partial charge in [0.25, 0.3) is 0 Å². The second kappa shape index (κ2) is 7.21. The molecule has 3 rings (SSSR count). The van der Waals surface area contributed by atoms with Crippen molar-refractivity contribution in [3.05, 3.63) is 40.4 Å². The first-order valence-electron chi connectivity index (χ1n) is 8.09. The van der Waals surface area contributed by atoms with Crippen molar-refractivity contribution in [2.45, 2.75) is 39.2 Å². The number of aromatic amines is 1. The summed E-state index contributed by atoms with van der Waals surface area (Å²) in [6.45, 7) is 5.26. The number of nitrogens with one attached hydrogen (secondary N) is 1. The van der Waals surface area contributed by atoms with Crippen molar-refractivity contribution < 1.29 is 9.53 Å². The largest absolute Gasteiger partial charge is 0.487 e. The normalized spacial score (nSPS) is 17.3. The van der Waals surface area contributed by atoms with Gasteiger partial charge < -0.3 is 9.64 Å². The Labute approximate surface area is 146 Å². The summed E-state index contributed by atoms with van der Waals surface area (Å²) in [6.07, 6.45) is 5.20. The van der Waals surface area contributed by atoms with Crippen molar-refractivity contribution in [2.24, 2.45) is 0 Å². The molecule has 1 aliphatic rings. The third kappa shape index (κ3) is 3.70. The summed E-state index contributed by atoms with van der Waals surface area (Å²) < 4.78 is 5.89. The molecular weight excluding hydrogens is 328 g/mol. The van der Waals surface area contributed by atoms with Crippen LogP contribution in [-0.4, -0.2) is 45.2 Å². The van der Waals surface area contributed by atoms with Gasteiger partial charge in [0.1, 0.15) is 16.9 Å². The topological polar surface area (TPSA) is 71.1 Å². The van der Waals surface area contributed by atoms with E-state index in [0.29, 0.717) is 30.2 Å². The number of carbonyl (C=O) groups excluding carboxylic acids is 1. The summed E-state index contributed by atoms with van der Waals surface area (Å²) in [6, 6.07) is 1.75. The SMILES string of the molecule is Cc1n[nH]c(C)c1CCC(=O)N1CC[C@H](Oc2ccncc2Cl)C1. The first-order chi connectivity index (χ1) is 11.5. The van der Waals surface area contributed by atoms with E-state index in [9.17, 15) is 4.79 Å². The summed E-state index contributed by atoms with van der Waals surface area (Å²) in [5.74, 6) is 0.775. The molecule has 1 fully saturated rings. The van der Waals surface area contributed by atoms with Gasteiger partial charge in [-0.1, -0.05) is 11.6 Å². The van der Waals surface area contributed by atoms with Gasteiger partial charge in [0.2, 0.25) is 5.91 Å². The Balaban J connectivity index is 1.52. The van der Waals surface area contributed by atoms with E-state index in [2.05, 4.69) is 15.2 Å². The maximum absolute atomic E-state index is 12.4. The number of halogens is 1. The van der Waals surface area contributed by atoms with Gasteiger partial charge in [-0.2, -0.15) is 5.10 Å². The third-order valence-corrected chi connectivity index (χ3v) is 4.68. The Morgan fingerprint density at radius 1 is 1.50 bits per heavy atom. The number of ether oxygens (including phenoxy) is 1. The van der Waals surface area contributed by atoms with Crippen LogP contribution in [-0.2, 0) is 11.2 Å². The van der Waals surface area contributed by atoms with Crippen molar-refractivity contribution in [2.75, 3.05) is 13.1 Å². The Bertz CT molecular complexity index is 712. The summed E-state index contributed by atoms with van der Waals surface area (Å²) in [5.41, 5.74) is 3.14. The molecule has 0 aliphatic carbocycles. The van der Waals surface area contributed by atoms with Gasteiger partial charge in [-0.15, -0.1) is 0 Å². The van der Waals surface area contributed by atoms with Gasteiger partial charge >= 0.3 is 0 Å². The number of rotatable bonds is 5. The molecule has 1 atom stereocenters. The summed E-state index contributed by atoms with van der Waals surface area (Å²) in [4.78, 5) is 18.2. The average molecular weight is 349 g/mol. The minimum atomic E-state index is -0.0220. The molecule has 1 amide bonds. The second-order valence-corrected chi connectivity index (χ2v) is 6.49. The van der Waals surface area contributed by atoms with E-state index >= 15 is 0 Å². The first kappa shape index (κ1) is 16.8. The second-order valence-electron chi connectivity index (χ2n) is 6.09. The standard InChI is InChI=1S/C17H21ClN4O2/c1-11-14(12(2)21-20-11)3-4-17(23)22-8-6-13(10-22)24-16-5-7-19-9-15(16)18/h5,7,9,13H,3-4,6,8,10H2,1-2H3,(H,20,21)/t13-/m0/s1. The fraction of sp³-hybridized carbons (Fsp3) is 0.471. The molecule has 24 heavy (non-hydrogen) atoms. The van der Waals surface area contributed by atoms with Gasteiger partial charge in [-0.3, -0.25) is 14.9 Å². The van der Waals surface area contributed by atoms with Crippen LogP contribution in [0.4, 0.5) is 0 Å². The number of hydrogen-bond acceptors (Lipinski definition) is 4. The molecule has 2 aromatic rings. The zero-order chi connectivity index (χ0) is 17.1. The first-order valence-corrected chi connectivity index (χ1v) is 8.46. The molecule has 0 radical (unpaired) electrons. The number of aromatic nitrogens is 3. The molecule has 3 heterocycles. The van der Waals surface area contributed by atoms with Crippen LogP contribution in [0.3, 0.4) is 0 Å². The lowest BCUT2D eigenvalue weighted by atomic mass is 10.1. The van der Waals surface area contributed by atoms with Gasteiger partial charge in [-0.05, 0) is 25.8 Å². The highest BCUT2D eigenvalue weighted by Crippen LogP contribution is 2.26. The number of hydrogen-bond donors (Lipinski definition) is 1. The number of likely N-dealkylation sites (tertiary alicyclic amines) is 1. The maximum atomic E-state index is 12.4. The van der Waals surface area contributed by atoms with E-state index in [-0.39, 0.29) is 12.0 Å². The molecule has 6 nitrogen and oxygen atoms in total. The van der Waals surface area contributed by atoms with Crippen molar-refractivity contribution >= 4 is 17.5 Å². The van der Waals surface area contributed by atoms with Crippen LogP contribution in [0.2, 0.25) is 5.02 Å². The summed E-state index contributed by atoms with van der Waals surface area (Å²) in [7, 11) is 0. The Kier molecular flexibility index (Phi) is 5.04. The van der Waals surface area contributed by atoms with E-state index in [0.717, 1.165) is 29.9 Å². The third-order valence-electron chi connectivity index (χ3n) is 4.40. The van der Waals surface area contributed by atoms with E-state index in [4.69, 9.17) is 16.3 Å². The molecule has 2 aromatic heterocycles. The Morgan fingerprint density at radius 3 is 3.04 bits per heavy atom. The molecule has 1 aliphatic heterocycles. The zero-order valence-corrected chi connectivity index (χ0v) is 14.6. The molecule has 7 heteroatoms. The molecule has 1 saturated heterocycles. The molecule has 0 aromatic carbocycles. The van der Waals surface area contributed by atoms with Crippen molar-refractivity contribution in [1.82, 2.24) is 20.1 Å². The Hall–Kier alpha value is -2.08. The van der Waals surface area contributed by atoms with Crippen LogP contribution in [0, 0.1) is 13.8 Å². The van der Waals surface area contributed by atoms with E-state index < -0.39 is 0 Å². The fourth-order valence-corrected chi connectivity index (χ4v) is 3.18. The molecule has 0 unspecified atom stereocenters. The molecule has 128 valence electrons. The van der Waals surface area contributed by atoms with E-state index in [1.54, 1.807) is 18.5 Å². The fourth-order valence-electron chi connectivity index (χ4n) is 3.02. The lowest BCUT2D eigenvalue weighted by Gasteiger charge is -2.17. The van der Waals surface area contributed by atoms with Crippen LogP contribution in [0.1, 0.15) is 29.8 Å². The predicted octanol–water partition coefficient (Wildman–Crippen LogP) is 2.69. The Morgan fingerprint density at radius 2 is 2.33 bits per heavy atom. The number of carbonyl (C=O) groups is 1. The lowest BCUT2D eigenvalue weighted by Crippen LogP contribution is -2.31. The molecular formula is C17H21ClN4O2. The minimum absolute atomic E-state index is 0.0220. The van der Waals surface area contributed by atoms with E-state index in [1.165, 1.54) is 0 Å². The number of pyridine rings is 1. The van der Waals surface area contributed by atoms with Crippen molar-refractivity contribution in [3.8, 4) is 5.75 Å². The highest BCUT2D eigenvalue weighted by molar-refractivity contribution is 6.31. The molecule has 0 spiro atoms. The number of nitrogens with zero attached hydrogens (tertiary/aromatic N) is 3. The van der Waals surface area contributed by atoms with Gasteiger partial charge in [0.15, 0.2) is 0 Å². The van der Waals surface area contributed by atoms with Crippen LogP contribution in [0.5, 0.6) is 5.75 Å².